The summed E-state index contributed by atoms with van der Waals surface area (Å²) >= 11 is 0. The van der Waals surface area contributed by atoms with Gasteiger partial charge in [0.2, 0.25) is 5.91 Å². The lowest BCUT2D eigenvalue weighted by atomic mass is 9.80. The van der Waals surface area contributed by atoms with Crippen LogP contribution in [0.1, 0.15) is 56.2 Å². The molecule has 0 saturated carbocycles. The van der Waals surface area contributed by atoms with Crippen LogP contribution < -0.4 is 15.1 Å². The van der Waals surface area contributed by atoms with Gasteiger partial charge in [-0.05, 0) is 49.8 Å². The number of aryl methyl sites for hydroxylation is 1. The second-order valence-corrected chi connectivity index (χ2v) is 8.41. The van der Waals surface area contributed by atoms with E-state index in [2.05, 4.69) is 55.4 Å². The summed E-state index contributed by atoms with van der Waals surface area (Å²) in [7, 11) is 3.79. The molecular formula is C24H31N3O2. The number of nitrogens with zero attached hydrogens (tertiary/aromatic N) is 2. The maximum Gasteiger partial charge on any atom is 0.240 e. The number of ether oxygens (including phenoxy) is 1. The van der Waals surface area contributed by atoms with Crippen molar-refractivity contribution in [1.82, 2.24) is 5.43 Å². The smallest absolute Gasteiger partial charge is 0.240 e. The summed E-state index contributed by atoms with van der Waals surface area (Å²) in [5.41, 5.74) is 7.21. The van der Waals surface area contributed by atoms with E-state index in [1.54, 1.807) is 13.3 Å². The number of anilines is 1. The van der Waals surface area contributed by atoms with Gasteiger partial charge in [-0.3, -0.25) is 4.79 Å². The van der Waals surface area contributed by atoms with Gasteiger partial charge in [-0.25, -0.2) is 5.43 Å². The molecule has 1 atom stereocenters. The number of hydrogen-bond acceptors (Lipinski definition) is 4. The molecule has 0 fully saturated rings. The Bertz CT molecular complexity index is 890. The average Bonchev–Trinajstić information content (AvgIpc) is 2.71. The monoisotopic (exact) mass is 393 g/mol. The lowest BCUT2D eigenvalue weighted by Crippen LogP contribution is -2.45. The van der Waals surface area contributed by atoms with Crippen molar-refractivity contribution in [2.24, 2.45) is 5.10 Å². The summed E-state index contributed by atoms with van der Waals surface area (Å²) in [4.78, 5) is 14.4. The zero-order valence-corrected chi connectivity index (χ0v) is 18.0. The molecule has 0 saturated heterocycles. The fourth-order valence-corrected chi connectivity index (χ4v) is 4.02. The summed E-state index contributed by atoms with van der Waals surface area (Å²) in [5.74, 6) is 1.09. The zero-order valence-electron chi connectivity index (χ0n) is 18.0. The first-order valence-corrected chi connectivity index (χ1v) is 10.1. The van der Waals surface area contributed by atoms with E-state index < -0.39 is 0 Å². The van der Waals surface area contributed by atoms with Crippen LogP contribution in [-0.4, -0.2) is 31.8 Å². The molecule has 0 radical (unpaired) electrons. The van der Waals surface area contributed by atoms with Crippen molar-refractivity contribution in [2.75, 3.05) is 19.1 Å². The molecule has 3 rings (SSSR count). The van der Waals surface area contributed by atoms with Gasteiger partial charge in [-0.2, -0.15) is 5.10 Å². The molecule has 0 aromatic heterocycles. The van der Waals surface area contributed by atoms with Gasteiger partial charge in [0, 0.05) is 36.3 Å². The maximum atomic E-state index is 12.1. The number of amides is 1. The zero-order chi connectivity index (χ0) is 21.0. The van der Waals surface area contributed by atoms with Crippen LogP contribution in [0.25, 0.3) is 0 Å². The fourth-order valence-electron chi connectivity index (χ4n) is 4.02. The fraction of sp³-hybridized carbons (Fsp3) is 0.417. The number of benzene rings is 2. The van der Waals surface area contributed by atoms with Gasteiger partial charge in [0.25, 0.3) is 0 Å². The number of hydrazone groups is 1. The van der Waals surface area contributed by atoms with Crippen LogP contribution in [0.3, 0.4) is 0 Å². The Morgan fingerprint density at radius 1 is 1.31 bits per heavy atom. The molecule has 29 heavy (non-hydrogen) atoms. The normalized spacial score (nSPS) is 17.8. The van der Waals surface area contributed by atoms with Gasteiger partial charge >= 0.3 is 0 Å². The average molecular weight is 394 g/mol. The van der Waals surface area contributed by atoms with Crippen LogP contribution in [0.4, 0.5) is 5.69 Å². The van der Waals surface area contributed by atoms with E-state index in [0.29, 0.717) is 18.8 Å². The van der Waals surface area contributed by atoms with E-state index in [0.717, 1.165) is 23.3 Å². The van der Waals surface area contributed by atoms with Crippen molar-refractivity contribution < 1.29 is 9.53 Å². The summed E-state index contributed by atoms with van der Waals surface area (Å²) in [6, 6.07) is 14.2. The van der Waals surface area contributed by atoms with Crippen molar-refractivity contribution in [3.05, 3.63) is 59.2 Å². The molecule has 1 unspecified atom stereocenters. The summed E-state index contributed by atoms with van der Waals surface area (Å²) in [6.07, 6.45) is 3.85. The number of carbonyl (C=O) groups is 1. The first-order chi connectivity index (χ1) is 13.8. The van der Waals surface area contributed by atoms with Crippen molar-refractivity contribution in [1.29, 1.82) is 0 Å². The minimum absolute atomic E-state index is 0.0970. The largest absolute Gasteiger partial charge is 0.496 e. The third-order valence-corrected chi connectivity index (χ3v) is 5.86. The summed E-state index contributed by atoms with van der Waals surface area (Å²) < 4.78 is 5.60. The lowest BCUT2D eigenvalue weighted by molar-refractivity contribution is -0.121. The minimum Gasteiger partial charge on any atom is -0.496 e. The number of carbonyl (C=O) groups excluding carboxylic acids is 1. The second-order valence-electron chi connectivity index (χ2n) is 8.41. The molecule has 1 amide bonds. The Kier molecular flexibility index (Phi) is 6.26. The van der Waals surface area contributed by atoms with E-state index in [1.807, 2.05) is 30.3 Å². The standard InChI is InChI=1S/C24H31N3O2/c1-17-15-24(2,3)27(4)21-14-22(29-5)19(13-20(17)21)16-25-26-23(28)12-11-18-9-7-6-8-10-18/h6-10,13-14,16-17H,11-12,15H2,1-5H3,(H,26,28)/b25-16+. The van der Waals surface area contributed by atoms with E-state index >= 15 is 0 Å². The molecule has 1 N–H and O–H groups in total. The van der Waals surface area contributed by atoms with Crippen LogP contribution in [0.15, 0.2) is 47.6 Å². The predicted molar refractivity (Wildman–Crippen MR) is 119 cm³/mol. The number of nitrogens with one attached hydrogen (secondary N) is 1. The predicted octanol–water partition coefficient (Wildman–Crippen LogP) is 4.50. The van der Waals surface area contributed by atoms with Crippen molar-refractivity contribution in [3.63, 3.8) is 0 Å². The van der Waals surface area contributed by atoms with Gasteiger partial charge in [-0.1, -0.05) is 37.3 Å². The van der Waals surface area contributed by atoms with E-state index in [9.17, 15) is 4.79 Å². The maximum absolute atomic E-state index is 12.1. The summed E-state index contributed by atoms with van der Waals surface area (Å²) in [5, 5.41) is 4.17. The topological polar surface area (TPSA) is 53.9 Å². The molecule has 154 valence electrons. The Balaban J connectivity index is 1.70. The third-order valence-electron chi connectivity index (χ3n) is 5.86. The number of rotatable bonds is 6. The minimum atomic E-state index is -0.100. The Labute approximate surface area is 173 Å². The molecule has 0 bridgehead atoms. The Hall–Kier alpha value is -2.82. The Morgan fingerprint density at radius 3 is 2.72 bits per heavy atom. The quantitative estimate of drug-likeness (QED) is 0.581. The molecule has 2 aromatic rings. The van der Waals surface area contributed by atoms with Crippen molar-refractivity contribution in [3.8, 4) is 5.75 Å². The van der Waals surface area contributed by atoms with E-state index in [1.165, 1.54) is 11.3 Å². The molecule has 1 aliphatic heterocycles. The third kappa shape index (κ3) is 4.78. The highest BCUT2D eigenvalue weighted by molar-refractivity contribution is 5.87. The van der Waals surface area contributed by atoms with Crippen LogP contribution in [-0.2, 0) is 11.2 Å². The highest BCUT2D eigenvalue weighted by atomic mass is 16.5. The van der Waals surface area contributed by atoms with E-state index in [4.69, 9.17) is 4.74 Å². The van der Waals surface area contributed by atoms with Gasteiger partial charge in [-0.15, -0.1) is 0 Å². The van der Waals surface area contributed by atoms with Crippen LogP contribution in [0.5, 0.6) is 5.75 Å². The molecule has 5 nitrogen and oxygen atoms in total. The highest BCUT2D eigenvalue weighted by Gasteiger charge is 2.34. The second kappa shape index (κ2) is 8.68. The van der Waals surface area contributed by atoms with Gasteiger partial charge in [0.05, 0.1) is 13.3 Å². The van der Waals surface area contributed by atoms with Crippen LogP contribution in [0, 0.1) is 0 Å². The number of hydrogen-bond donors (Lipinski definition) is 1. The van der Waals surface area contributed by atoms with Gasteiger partial charge < -0.3 is 9.64 Å². The Morgan fingerprint density at radius 2 is 2.03 bits per heavy atom. The molecule has 1 heterocycles. The SMILES string of the molecule is COc1cc2c(cc1/C=N/NC(=O)CCc1ccccc1)C(C)CC(C)(C)N2C. The summed E-state index contributed by atoms with van der Waals surface area (Å²) in [6.45, 7) is 6.78. The van der Waals surface area contributed by atoms with Gasteiger partial charge in [0.15, 0.2) is 0 Å². The van der Waals surface area contributed by atoms with Gasteiger partial charge in [0.1, 0.15) is 5.75 Å². The molecular weight excluding hydrogens is 362 g/mol. The molecule has 0 spiro atoms. The number of methoxy groups -OCH3 is 1. The first-order valence-electron chi connectivity index (χ1n) is 10.1. The molecule has 0 aliphatic carbocycles. The van der Waals surface area contributed by atoms with E-state index in [-0.39, 0.29) is 11.4 Å². The lowest BCUT2D eigenvalue weighted by Gasteiger charge is -2.45. The molecule has 5 heteroatoms. The van der Waals surface area contributed by atoms with Crippen molar-refractivity contribution >= 4 is 17.8 Å². The number of fused-ring (bicyclic) bond motifs is 1. The first kappa shape index (κ1) is 20.9. The van der Waals surface area contributed by atoms with Crippen LogP contribution >= 0.6 is 0 Å². The van der Waals surface area contributed by atoms with Crippen LogP contribution in [0.2, 0.25) is 0 Å². The van der Waals surface area contributed by atoms with Crippen molar-refractivity contribution in [2.45, 2.75) is 51.5 Å². The molecule has 2 aromatic carbocycles. The highest BCUT2D eigenvalue weighted by Crippen LogP contribution is 2.44. The molecule has 1 aliphatic rings.